The summed E-state index contributed by atoms with van der Waals surface area (Å²) in [5, 5.41) is 0. The van der Waals surface area contributed by atoms with Crippen LogP contribution in [0.15, 0.2) is 54.6 Å². The van der Waals surface area contributed by atoms with E-state index in [1.165, 1.54) is 0 Å². The molecule has 114 valence electrons. The second kappa shape index (κ2) is 5.84. The van der Waals surface area contributed by atoms with E-state index < -0.39 is 0 Å². The Kier molecular flexibility index (Phi) is 3.88. The quantitative estimate of drug-likeness (QED) is 0.804. The molecule has 2 atom stereocenters. The fourth-order valence-corrected chi connectivity index (χ4v) is 3.23. The summed E-state index contributed by atoms with van der Waals surface area (Å²) in [5.74, 6) is 0.959. The van der Waals surface area contributed by atoms with E-state index in [1.54, 1.807) is 7.11 Å². The van der Waals surface area contributed by atoms with Crippen molar-refractivity contribution in [1.82, 2.24) is 4.90 Å². The van der Waals surface area contributed by atoms with Crippen molar-refractivity contribution in [2.45, 2.75) is 31.8 Å². The molecule has 0 saturated carbocycles. The molecule has 3 rings (SSSR count). The Morgan fingerprint density at radius 1 is 0.955 bits per heavy atom. The van der Waals surface area contributed by atoms with Crippen molar-refractivity contribution < 1.29 is 9.53 Å². The van der Waals surface area contributed by atoms with E-state index in [0.29, 0.717) is 0 Å². The first-order valence-electron chi connectivity index (χ1n) is 7.64. The third-order valence-electron chi connectivity index (χ3n) is 4.31. The standard InChI is InChI=1S/C19H21NO2/c1-13(2)20-18(15-9-11-16(22-3)12-10-15)17(19(20)21)14-7-5-4-6-8-14/h4-13,17-18H,1-3H3/t17-,18-/m0/s1. The maximum Gasteiger partial charge on any atom is 0.233 e. The molecule has 22 heavy (non-hydrogen) atoms. The minimum atomic E-state index is -0.0861. The average Bonchev–Trinajstić information content (AvgIpc) is 2.53. The molecule has 1 heterocycles. The molecular formula is C19H21NO2. The lowest BCUT2D eigenvalue weighted by atomic mass is 9.77. The molecule has 1 aliphatic rings. The molecule has 1 amide bonds. The molecule has 2 aromatic rings. The summed E-state index contributed by atoms with van der Waals surface area (Å²) in [4.78, 5) is 14.6. The summed E-state index contributed by atoms with van der Waals surface area (Å²) in [6, 6.07) is 18.4. The summed E-state index contributed by atoms with van der Waals surface area (Å²) in [7, 11) is 1.66. The third kappa shape index (κ3) is 2.37. The van der Waals surface area contributed by atoms with Crippen LogP contribution in [0.4, 0.5) is 0 Å². The van der Waals surface area contributed by atoms with Crippen molar-refractivity contribution in [3.05, 3.63) is 65.7 Å². The van der Waals surface area contributed by atoms with Crippen molar-refractivity contribution in [3.63, 3.8) is 0 Å². The van der Waals surface area contributed by atoms with Gasteiger partial charge in [-0.3, -0.25) is 4.79 Å². The van der Waals surface area contributed by atoms with Gasteiger partial charge in [0.2, 0.25) is 5.91 Å². The van der Waals surface area contributed by atoms with E-state index in [9.17, 15) is 4.79 Å². The molecule has 0 spiro atoms. The van der Waals surface area contributed by atoms with Crippen LogP contribution in [0.2, 0.25) is 0 Å². The SMILES string of the molecule is COc1ccc([C@H]2[C@H](c3ccccc3)C(=O)N2C(C)C)cc1. The van der Waals surface area contributed by atoms with Gasteiger partial charge in [-0.25, -0.2) is 0 Å². The highest BCUT2D eigenvalue weighted by Gasteiger charge is 2.49. The summed E-state index contributed by atoms with van der Waals surface area (Å²) < 4.78 is 5.23. The molecule has 1 saturated heterocycles. The number of hydrogen-bond acceptors (Lipinski definition) is 2. The fraction of sp³-hybridized carbons (Fsp3) is 0.316. The number of carbonyl (C=O) groups is 1. The van der Waals surface area contributed by atoms with Crippen molar-refractivity contribution in [3.8, 4) is 5.75 Å². The number of β-lactam (4-membered cyclic amide) rings is 1. The number of amides is 1. The predicted molar refractivity (Wildman–Crippen MR) is 86.9 cm³/mol. The Morgan fingerprint density at radius 3 is 2.14 bits per heavy atom. The molecule has 0 radical (unpaired) electrons. The molecule has 2 aromatic carbocycles. The van der Waals surface area contributed by atoms with Crippen molar-refractivity contribution in [1.29, 1.82) is 0 Å². The van der Waals surface area contributed by atoms with E-state index in [1.807, 2.05) is 47.4 Å². The molecule has 3 heteroatoms. The van der Waals surface area contributed by atoms with Gasteiger partial charge in [0.1, 0.15) is 5.75 Å². The van der Waals surface area contributed by atoms with Crippen molar-refractivity contribution in [2.24, 2.45) is 0 Å². The predicted octanol–water partition coefficient (Wildman–Crippen LogP) is 3.77. The smallest absolute Gasteiger partial charge is 0.233 e. The lowest BCUT2D eigenvalue weighted by molar-refractivity contribution is -0.153. The summed E-state index contributed by atoms with van der Waals surface area (Å²) >= 11 is 0. The van der Waals surface area contributed by atoms with Gasteiger partial charge in [0, 0.05) is 6.04 Å². The summed E-state index contributed by atoms with van der Waals surface area (Å²) in [6.45, 7) is 4.13. The minimum Gasteiger partial charge on any atom is -0.497 e. The number of hydrogen-bond donors (Lipinski definition) is 0. The van der Waals surface area contributed by atoms with Gasteiger partial charge >= 0.3 is 0 Å². The third-order valence-corrected chi connectivity index (χ3v) is 4.31. The van der Waals surface area contributed by atoms with Crippen LogP contribution in [0, 0.1) is 0 Å². The van der Waals surface area contributed by atoms with Gasteiger partial charge in [-0.15, -0.1) is 0 Å². The molecule has 0 aromatic heterocycles. The van der Waals surface area contributed by atoms with Crippen LogP contribution < -0.4 is 4.74 Å². The Morgan fingerprint density at radius 2 is 1.59 bits per heavy atom. The Hall–Kier alpha value is -2.29. The largest absolute Gasteiger partial charge is 0.497 e. The van der Waals surface area contributed by atoms with E-state index in [4.69, 9.17) is 4.74 Å². The van der Waals surface area contributed by atoms with E-state index in [2.05, 4.69) is 26.0 Å². The molecule has 1 aliphatic heterocycles. The van der Waals surface area contributed by atoms with Gasteiger partial charge in [-0.2, -0.15) is 0 Å². The zero-order chi connectivity index (χ0) is 15.7. The van der Waals surface area contributed by atoms with Crippen LogP contribution in [0.5, 0.6) is 5.75 Å². The molecular weight excluding hydrogens is 274 g/mol. The average molecular weight is 295 g/mol. The summed E-state index contributed by atoms with van der Waals surface area (Å²) in [6.07, 6.45) is 0. The molecule has 1 fully saturated rings. The molecule has 0 bridgehead atoms. The second-order valence-electron chi connectivity index (χ2n) is 5.95. The molecule has 3 nitrogen and oxygen atoms in total. The van der Waals surface area contributed by atoms with Gasteiger partial charge in [-0.1, -0.05) is 42.5 Å². The maximum atomic E-state index is 12.6. The van der Waals surface area contributed by atoms with Crippen LogP contribution in [0.1, 0.15) is 36.9 Å². The summed E-state index contributed by atoms with van der Waals surface area (Å²) in [5.41, 5.74) is 2.24. The highest BCUT2D eigenvalue weighted by atomic mass is 16.5. The fourth-order valence-electron chi connectivity index (χ4n) is 3.23. The zero-order valence-corrected chi connectivity index (χ0v) is 13.2. The van der Waals surface area contributed by atoms with Gasteiger partial charge in [0.25, 0.3) is 0 Å². The first-order chi connectivity index (χ1) is 10.6. The number of likely N-dealkylation sites (tertiary alicyclic amines) is 1. The van der Waals surface area contributed by atoms with Gasteiger partial charge in [0.05, 0.1) is 19.1 Å². The number of nitrogens with zero attached hydrogens (tertiary/aromatic N) is 1. The number of carbonyl (C=O) groups excluding carboxylic acids is 1. The second-order valence-corrected chi connectivity index (χ2v) is 5.95. The van der Waals surface area contributed by atoms with Crippen LogP contribution in [-0.4, -0.2) is 24.0 Å². The lowest BCUT2D eigenvalue weighted by Crippen LogP contribution is -2.56. The normalized spacial score (nSPS) is 20.9. The molecule has 0 aliphatic carbocycles. The van der Waals surface area contributed by atoms with Crippen molar-refractivity contribution >= 4 is 5.91 Å². The first-order valence-corrected chi connectivity index (χ1v) is 7.64. The van der Waals surface area contributed by atoms with Gasteiger partial charge in [-0.05, 0) is 37.1 Å². The van der Waals surface area contributed by atoms with E-state index in [-0.39, 0.29) is 23.9 Å². The lowest BCUT2D eigenvalue weighted by Gasteiger charge is -2.50. The maximum absolute atomic E-state index is 12.6. The van der Waals surface area contributed by atoms with Crippen molar-refractivity contribution in [2.75, 3.05) is 7.11 Å². The zero-order valence-electron chi connectivity index (χ0n) is 13.2. The molecule has 0 N–H and O–H groups in total. The Balaban J connectivity index is 1.97. The van der Waals surface area contributed by atoms with Gasteiger partial charge in [0.15, 0.2) is 0 Å². The first kappa shape index (κ1) is 14.6. The topological polar surface area (TPSA) is 29.5 Å². The van der Waals surface area contributed by atoms with Crippen LogP contribution in [-0.2, 0) is 4.79 Å². The number of ether oxygens (including phenoxy) is 1. The Labute approximate surface area is 131 Å². The van der Waals surface area contributed by atoms with Crippen LogP contribution >= 0.6 is 0 Å². The van der Waals surface area contributed by atoms with Crippen LogP contribution in [0.3, 0.4) is 0 Å². The number of methoxy groups -OCH3 is 1. The molecule has 0 unspecified atom stereocenters. The minimum absolute atomic E-state index is 0.0861. The van der Waals surface area contributed by atoms with E-state index in [0.717, 1.165) is 16.9 Å². The number of rotatable bonds is 4. The number of benzene rings is 2. The van der Waals surface area contributed by atoms with E-state index >= 15 is 0 Å². The van der Waals surface area contributed by atoms with Crippen LogP contribution in [0.25, 0.3) is 0 Å². The van der Waals surface area contributed by atoms with Gasteiger partial charge < -0.3 is 9.64 Å². The monoisotopic (exact) mass is 295 g/mol. The highest BCUT2D eigenvalue weighted by Crippen LogP contribution is 2.47. The Bertz CT molecular complexity index is 649. The highest BCUT2D eigenvalue weighted by molar-refractivity contribution is 5.91.